The van der Waals surface area contributed by atoms with Crippen LogP contribution in [0.4, 0.5) is 0 Å². The molecule has 0 saturated carbocycles. The molecular formula is C23H15N3O4. The lowest BCUT2D eigenvalue weighted by atomic mass is 10.1. The highest BCUT2D eigenvalue weighted by molar-refractivity contribution is 5.91. The predicted molar refractivity (Wildman–Crippen MR) is 105 cm³/mol. The second-order valence-corrected chi connectivity index (χ2v) is 6.18. The summed E-state index contributed by atoms with van der Waals surface area (Å²) in [6.07, 6.45) is 0. The van der Waals surface area contributed by atoms with Crippen LogP contribution in [0.15, 0.2) is 66.7 Å². The lowest BCUT2D eigenvalue weighted by molar-refractivity contribution is 0.0456. The molecule has 30 heavy (non-hydrogen) atoms. The van der Waals surface area contributed by atoms with Gasteiger partial charge in [-0.05, 0) is 47.5 Å². The van der Waals surface area contributed by atoms with E-state index in [4.69, 9.17) is 20.0 Å². The molecule has 7 nitrogen and oxygen atoms in total. The van der Waals surface area contributed by atoms with Gasteiger partial charge in [-0.2, -0.15) is 10.5 Å². The molecule has 2 aromatic carbocycles. The SMILES string of the molecule is N#Cc1ccc(COC(=O)c2cccc(C(=O)OCc3ccc(C#N)cc3)n2)cc1. The Morgan fingerprint density at radius 2 is 1.10 bits per heavy atom. The van der Waals surface area contributed by atoms with Crippen LogP contribution in [-0.2, 0) is 22.7 Å². The molecule has 146 valence electrons. The molecule has 0 bridgehead atoms. The fourth-order valence-corrected chi connectivity index (χ4v) is 2.46. The predicted octanol–water partition coefficient (Wildman–Crippen LogP) is 3.54. The van der Waals surface area contributed by atoms with Crippen LogP contribution < -0.4 is 0 Å². The van der Waals surface area contributed by atoms with Crippen molar-refractivity contribution in [1.29, 1.82) is 10.5 Å². The molecule has 0 aliphatic rings. The summed E-state index contributed by atoms with van der Waals surface area (Å²) >= 11 is 0. The van der Waals surface area contributed by atoms with Gasteiger partial charge in [-0.3, -0.25) is 0 Å². The van der Waals surface area contributed by atoms with E-state index in [1.807, 2.05) is 12.1 Å². The van der Waals surface area contributed by atoms with Crippen molar-refractivity contribution < 1.29 is 19.1 Å². The second kappa shape index (κ2) is 9.63. The largest absolute Gasteiger partial charge is 0.456 e. The van der Waals surface area contributed by atoms with Crippen LogP contribution in [0.25, 0.3) is 0 Å². The number of nitriles is 2. The summed E-state index contributed by atoms with van der Waals surface area (Å²) in [5.74, 6) is -1.36. The van der Waals surface area contributed by atoms with Crippen molar-refractivity contribution in [2.75, 3.05) is 0 Å². The molecule has 3 aromatic rings. The van der Waals surface area contributed by atoms with Crippen molar-refractivity contribution in [3.63, 3.8) is 0 Å². The molecular weight excluding hydrogens is 382 g/mol. The topological polar surface area (TPSA) is 113 Å². The van der Waals surface area contributed by atoms with Crippen LogP contribution in [0.5, 0.6) is 0 Å². The molecule has 7 heteroatoms. The van der Waals surface area contributed by atoms with Gasteiger partial charge in [-0.1, -0.05) is 30.3 Å². The number of hydrogen-bond acceptors (Lipinski definition) is 7. The van der Waals surface area contributed by atoms with E-state index in [-0.39, 0.29) is 24.6 Å². The third kappa shape index (κ3) is 5.28. The Kier molecular flexibility index (Phi) is 6.50. The minimum absolute atomic E-state index is 0.0135. The van der Waals surface area contributed by atoms with E-state index in [9.17, 15) is 9.59 Å². The van der Waals surface area contributed by atoms with Gasteiger partial charge >= 0.3 is 11.9 Å². The van der Waals surface area contributed by atoms with Crippen LogP contribution >= 0.6 is 0 Å². The zero-order valence-corrected chi connectivity index (χ0v) is 15.7. The molecule has 0 unspecified atom stereocenters. The molecule has 0 N–H and O–H groups in total. The molecule has 0 atom stereocenters. The number of hydrogen-bond donors (Lipinski definition) is 0. The lowest BCUT2D eigenvalue weighted by Crippen LogP contribution is -2.12. The van der Waals surface area contributed by atoms with Gasteiger partial charge in [-0.15, -0.1) is 0 Å². The summed E-state index contributed by atoms with van der Waals surface area (Å²) < 4.78 is 10.4. The van der Waals surface area contributed by atoms with Crippen LogP contribution in [0.3, 0.4) is 0 Å². The number of esters is 2. The number of carbonyl (C=O) groups excluding carboxylic acids is 2. The van der Waals surface area contributed by atoms with Crippen LogP contribution in [-0.4, -0.2) is 16.9 Å². The summed E-state index contributed by atoms with van der Waals surface area (Å²) in [6, 6.07) is 21.7. The zero-order valence-electron chi connectivity index (χ0n) is 15.7. The zero-order chi connectivity index (χ0) is 21.3. The monoisotopic (exact) mass is 397 g/mol. The van der Waals surface area contributed by atoms with E-state index in [1.54, 1.807) is 48.5 Å². The Balaban J connectivity index is 1.58. The van der Waals surface area contributed by atoms with Crippen molar-refractivity contribution >= 4 is 11.9 Å². The first-order chi connectivity index (χ1) is 14.6. The Morgan fingerprint density at radius 3 is 1.47 bits per heavy atom. The van der Waals surface area contributed by atoms with Gasteiger partial charge in [-0.25, -0.2) is 14.6 Å². The maximum absolute atomic E-state index is 12.2. The van der Waals surface area contributed by atoms with Crippen molar-refractivity contribution in [2.45, 2.75) is 13.2 Å². The first-order valence-corrected chi connectivity index (χ1v) is 8.88. The van der Waals surface area contributed by atoms with Gasteiger partial charge in [0.2, 0.25) is 0 Å². The third-order valence-corrected chi connectivity index (χ3v) is 4.07. The highest BCUT2D eigenvalue weighted by atomic mass is 16.5. The molecule has 3 rings (SSSR count). The Labute approximate surface area is 172 Å². The summed E-state index contributed by atoms with van der Waals surface area (Å²) in [6.45, 7) is 0.0270. The summed E-state index contributed by atoms with van der Waals surface area (Å²) in [5, 5.41) is 17.6. The van der Waals surface area contributed by atoms with Gasteiger partial charge in [0.15, 0.2) is 0 Å². The van der Waals surface area contributed by atoms with Gasteiger partial charge in [0.25, 0.3) is 0 Å². The van der Waals surface area contributed by atoms with Gasteiger partial charge < -0.3 is 9.47 Å². The molecule has 0 aliphatic carbocycles. The van der Waals surface area contributed by atoms with E-state index < -0.39 is 11.9 Å². The van der Waals surface area contributed by atoms with Crippen molar-refractivity contribution in [3.8, 4) is 12.1 Å². The third-order valence-electron chi connectivity index (χ3n) is 4.07. The maximum Gasteiger partial charge on any atom is 0.357 e. The summed E-state index contributed by atoms with van der Waals surface area (Å²) in [4.78, 5) is 28.5. The number of rotatable bonds is 6. The van der Waals surface area contributed by atoms with Crippen LogP contribution in [0, 0.1) is 22.7 Å². The summed E-state index contributed by atoms with van der Waals surface area (Å²) in [5.41, 5.74) is 2.44. The lowest BCUT2D eigenvalue weighted by Gasteiger charge is -2.07. The fraction of sp³-hybridized carbons (Fsp3) is 0.0870. The van der Waals surface area contributed by atoms with Gasteiger partial charge in [0.05, 0.1) is 23.3 Å². The van der Waals surface area contributed by atoms with E-state index in [0.29, 0.717) is 11.1 Å². The average molecular weight is 397 g/mol. The van der Waals surface area contributed by atoms with Crippen LogP contribution in [0.1, 0.15) is 43.2 Å². The number of carbonyl (C=O) groups is 2. The maximum atomic E-state index is 12.2. The van der Waals surface area contributed by atoms with E-state index in [0.717, 1.165) is 11.1 Å². The highest BCUT2D eigenvalue weighted by Gasteiger charge is 2.15. The number of pyridine rings is 1. The first-order valence-electron chi connectivity index (χ1n) is 8.88. The molecule has 0 spiro atoms. The molecule has 0 saturated heterocycles. The number of nitrogens with zero attached hydrogens (tertiary/aromatic N) is 3. The fourth-order valence-electron chi connectivity index (χ4n) is 2.46. The second-order valence-electron chi connectivity index (χ2n) is 6.18. The number of aromatic nitrogens is 1. The highest BCUT2D eigenvalue weighted by Crippen LogP contribution is 2.10. The van der Waals surface area contributed by atoms with Crippen molar-refractivity contribution in [1.82, 2.24) is 4.98 Å². The smallest absolute Gasteiger partial charge is 0.357 e. The van der Waals surface area contributed by atoms with Gasteiger partial charge in [0.1, 0.15) is 24.6 Å². The van der Waals surface area contributed by atoms with Crippen molar-refractivity contribution in [2.24, 2.45) is 0 Å². The molecule has 0 amide bonds. The standard InChI is InChI=1S/C23H15N3O4/c24-12-16-4-8-18(9-5-16)14-29-22(27)20-2-1-3-21(26-20)23(28)30-15-19-10-6-17(13-25)7-11-19/h1-11H,14-15H2. The molecule has 0 fully saturated rings. The average Bonchev–Trinajstić information content (AvgIpc) is 2.81. The van der Waals surface area contributed by atoms with Crippen LogP contribution in [0.2, 0.25) is 0 Å². The molecule has 1 aromatic heterocycles. The van der Waals surface area contributed by atoms with E-state index in [2.05, 4.69) is 4.98 Å². The van der Waals surface area contributed by atoms with Gasteiger partial charge in [0, 0.05) is 0 Å². The Hall–Kier alpha value is -4.49. The minimum atomic E-state index is -0.680. The Bertz CT molecular complexity index is 1050. The molecule has 0 radical (unpaired) electrons. The minimum Gasteiger partial charge on any atom is -0.456 e. The van der Waals surface area contributed by atoms with E-state index >= 15 is 0 Å². The molecule has 0 aliphatic heterocycles. The van der Waals surface area contributed by atoms with E-state index in [1.165, 1.54) is 18.2 Å². The number of ether oxygens (including phenoxy) is 2. The summed E-state index contributed by atoms with van der Waals surface area (Å²) in [7, 11) is 0. The first kappa shape index (κ1) is 20.2. The normalized spacial score (nSPS) is 9.80. The Morgan fingerprint density at radius 1 is 0.700 bits per heavy atom. The molecule has 1 heterocycles. The van der Waals surface area contributed by atoms with Crippen molar-refractivity contribution in [3.05, 3.63) is 100 Å². The number of benzene rings is 2. The quantitative estimate of drug-likeness (QED) is 0.585.